The van der Waals surface area contributed by atoms with Gasteiger partial charge in [0.2, 0.25) is 0 Å². The molecule has 0 unspecified atom stereocenters. The van der Waals surface area contributed by atoms with Crippen LogP contribution in [0.3, 0.4) is 0 Å². The molecule has 0 amide bonds. The molecule has 0 aliphatic carbocycles. The van der Waals surface area contributed by atoms with E-state index in [4.69, 9.17) is 15.0 Å². The lowest BCUT2D eigenvalue weighted by molar-refractivity contribution is -0.671. The lowest BCUT2D eigenvalue weighted by Gasteiger charge is -2.16. The zero-order valence-corrected chi connectivity index (χ0v) is 30.9. The van der Waals surface area contributed by atoms with Crippen LogP contribution in [0.1, 0.15) is 35.0 Å². The largest absolute Gasteiger partial charge is 0.497 e. The van der Waals surface area contributed by atoms with Crippen LogP contribution in [0.4, 0.5) is 5.69 Å². The molecule has 2 N–H and O–H groups in total. The van der Waals surface area contributed by atoms with Gasteiger partial charge in [-0.1, -0.05) is 12.1 Å². The standard InChI is InChI=1S/C46H37N8O/c1-29(55)47-34-7-5-6-33(28-34)46-41-14-12-39(50-41)44(31-18-24-53(3)25-19-31)37-10-8-35(48-37)43(30-16-22-52(2)23-17-30)36-9-11-38(49-36)45(40-13-15-42(46)51-40)32-20-26-54(4)27-21-32/h5-28H,1-4H3,(H-,47,48,49,50,51,55)/q+1/p+1. The second-order valence-corrected chi connectivity index (χ2v) is 13.9. The monoisotopic (exact) mass is 718 g/mol. The Morgan fingerprint density at radius 2 is 1.09 bits per heavy atom. The number of hydrogen-bond acceptors (Lipinski definition) is 5. The number of nitrogens with zero attached hydrogens (tertiary/aromatic N) is 7. The summed E-state index contributed by atoms with van der Waals surface area (Å²) in [5, 5.41) is 10.0. The van der Waals surface area contributed by atoms with E-state index < -0.39 is 0 Å². The maximum atomic E-state index is 10.0. The molecule has 0 saturated carbocycles. The second-order valence-electron chi connectivity index (χ2n) is 13.9. The van der Waals surface area contributed by atoms with E-state index >= 15 is 0 Å². The number of rotatable bonds is 4. The van der Waals surface area contributed by atoms with Gasteiger partial charge in [-0.25, -0.2) is 29.1 Å². The predicted octanol–water partition coefficient (Wildman–Crippen LogP) is 7.52. The summed E-state index contributed by atoms with van der Waals surface area (Å²) in [5.41, 5.74) is 15.0. The molecule has 3 aromatic heterocycles. The molecule has 0 spiro atoms. The molecule has 0 fully saturated rings. The van der Waals surface area contributed by atoms with Gasteiger partial charge in [-0.15, -0.1) is 0 Å². The van der Waals surface area contributed by atoms with Crippen molar-refractivity contribution in [3.8, 4) is 0 Å². The number of aromatic amines is 1. The second kappa shape index (κ2) is 13.6. The smallest absolute Gasteiger partial charge is 0.182 e. The fourth-order valence-electron chi connectivity index (χ4n) is 7.27. The van der Waals surface area contributed by atoms with Crippen molar-refractivity contribution in [3.05, 3.63) is 203 Å². The number of fused-ring (bicyclic) bond motifs is 5. The molecule has 0 saturated heterocycles. The minimum atomic E-state index is -0.0119. The highest BCUT2D eigenvalue weighted by molar-refractivity contribution is 6.36. The van der Waals surface area contributed by atoms with E-state index in [2.05, 4.69) is 120 Å². The number of nitrogens with one attached hydrogen (secondary N) is 1. The summed E-state index contributed by atoms with van der Waals surface area (Å²) in [5.74, 6) is -0.0119. The summed E-state index contributed by atoms with van der Waals surface area (Å²) in [7, 11) is 6.05. The van der Waals surface area contributed by atoms with Crippen LogP contribution in [0.5, 0.6) is 0 Å². The lowest BCUT2D eigenvalue weighted by Crippen LogP contribution is -2.26. The first-order valence-electron chi connectivity index (χ1n) is 18.1. The maximum absolute atomic E-state index is 10.0. The topological polar surface area (TPSA) is 96.5 Å². The summed E-state index contributed by atoms with van der Waals surface area (Å²) in [6, 6.07) is 20.6. The van der Waals surface area contributed by atoms with E-state index in [0.717, 1.165) is 90.2 Å². The van der Waals surface area contributed by atoms with E-state index in [1.807, 2.05) is 71.8 Å². The van der Waals surface area contributed by atoms with Gasteiger partial charge < -0.3 is 15.0 Å². The van der Waals surface area contributed by atoms with Crippen molar-refractivity contribution < 1.29 is 14.2 Å². The molecule has 5 aliphatic rings. The molecule has 1 aromatic carbocycles. The third-order valence-corrected chi connectivity index (χ3v) is 9.91. The van der Waals surface area contributed by atoms with Gasteiger partial charge in [0, 0.05) is 84.3 Å². The average molecular weight is 719 g/mol. The predicted molar refractivity (Wildman–Crippen MR) is 220 cm³/mol. The molecule has 0 atom stereocenters. The van der Waals surface area contributed by atoms with Gasteiger partial charge in [0.05, 0.1) is 39.9 Å². The van der Waals surface area contributed by atoms with Crippen molar-refractivity contribution in [2.24, 2.45) is 34.1 Å². The van der Waals surface area contributed by atoms with Gasteiger partial charge in [-0.05, 0) is 95.1 Å². The SMILES string of the molecule is CC(O)=Nc1cccc(C2=C3C=CC(=N3)C(=C3C=CN(C)C=C3)C3=NC(=C(c4cc[n+](C)cc4)c4ccc([nH]4)C(c4cc[n+](C)cc4)=C4C=CC2=N4)C=C3)c1. The number of hydrogen-bond donors (Lipinski definition) is 2. The lowest BCUT2D eigenvalue weighted by atomic mass is 9.97. The van der Waals surface area contributed by atoms with Crippen LogP contribution in [0.25, 0.3) is 16.7 Å². The minimum absolute atomic E-state index is 0.0119. The Labute approximate surface area is 319 Å². The van der Waals surface area contributed by atoms with Crippen LogP contribution in [-0.4, -0.2) is 45.1 Å². The number of benzene rings is 1. The Balaban J connectivity index is 1.36. The van der Waals surface area contributed by atoms with E-state index in [9.17, 15) is 5.11 Å². The molecule has 8 heterocycles. The third-order valence-electron chi connectivity index (χ3n) is 9.91. The molecule has 0 radical (unpaired) electrons. The number of aromatic nitrogens is 3. The van der Waals surface area contributed by atoms with Gasteiger partial charge in [0.25, 0.3) is 0 Å². The molecular formula is C46H38N8O+2. The van der Waals surface area contributed by atoms with Crippen LogP contribution >= 0.6 is 0 Å². The fourth-order valence-corrected chi connectivity index (χ4v) is 7.27. The number of aliphatic hydroxyl groups is 1. The average Bonchev–Trinajstić information content (AvgIpc) is 4.02. The fraction of sp³-hybridized carbons (Fsp3) is 0.0870. The summed E-state index contributed by atoms with van der Waals surface area (Å²) < 4.78 is 4.06. The summed E-state index contributed by atoms with van der Waals surface area (Å²) in [6.45, 7) is 1.57. The third kappa shape index (κ3) is 6.42. The van der Waals surface area contributed by atoms with Gasteiger partial charge in [-0.3, -0.25) is 0 Å². The Bertz CT molecular complexity index is 2690. The van der Waals surface area contributed by atoms with Crippen LogP contribution in [0.15, 0.2) is 195 Å². The number of aliphatic imine (C=N–C) groups is 4. The first-order valence-corrected chi connectivity index (χ1v) is 18.1. The summed E-state index contributed by atoms with van der Waals surface area (Å²) in [4.78, 5) is 26.3. The molecule has 266 valence electrons. The zero-order valence-electron chi connectivity index (χ0n) is 30.9. The maximum Gasteiger partial charge on any atom is 0.182 e. The minimum Gasteiger partial charge on any atom is -0.497 e. The number of allylic oxidation sites excluding steroid dienone is 11. The van der Waals surface area contributed by atoms with E-state index in [1.54, 1.807) is 6.92 Å². The molecular weight excluding hydrogens is 681 g/mol. The Kier molecular flexibility index (Phi) is 8.31. The first-order chi connectivity index (χ1) is 26.8. The van der Waals surface area contributed by atoms with E-state index in [0.29, 0.717) is 5.69 Å². The quantitative estimate of drug-likeness (QED) is 0.130. The Hall–Kier alpha value is -7.26. The molecule has 9 nitrogen and oxygen atoms in total. The van der Waals surface area contributed by atoms with Crippen LogP contribution < -0.4 is 9.13 Å². The van der Waals surface area contributed by atoms with Crippen molar-refractivity contribution in [2.75, 3.05) is 7.05 Å². The van der Waals surface area contributed by atoms with Crippen molar-refractivity contribution in [2.45, 2.75) is 6.92 Å². The van der Waals surface area contributed by atoms with Crippen molar-refractivity contribution in [1.82, 2.24) is 9.88 Å². The van der Waals surface area contributed by atoms with Gasteiger partial charge >= 0.3 is 0 Å². The molecule has 8 bridgehead atoms. The van der Waals surface area contributed by atoms with Gasteiger partial charge in [0.1, 0.15) is 14.1 Å². The summed E-state index contributed by atoms with van der Waals surface area (Å²) >= 11 is 0. The highest BCUT2D eigenvalue weighted by Crippen LogP contribution is 2.38. The number of H-pyrrole nitrogens is 1. The highest BCUT2D eigenvalue weighted by atomic mass is 16.3. The van der Waals surface area contributed by atoms with Crippen molar-refractivity contribution in [3.63, 3.8) is 0 Å². The van der Waals surface area contributed by atoms with Gasteiger partial charge in [0.15, 0.2) is 30.7 Å². The van der Waals surface area contributed by atoms with Crippen LogP contribution in [0.2, 0.25) is 0 Å². The summed E-state index contributed by atoms with van der Waals surface area (Å²) in [6.07, 6.45) is 29.0. The molecule has 9 heteroatoms. The van der Waals surface area contributed by atoms with E-state index in [-0.39, 0.29) is 5.90 Å². The van der Waals surface area contributed by atoms with Crippen LogP contribution in [-0.2, 0) is 14.1 Å². The van der Waals surface area contributed by atoms with Crippen LogP contribution in [0, 0.1) is 0 Å². The Morgan fingerprint density at radius 1 is 0.600 bits per heavy atom. The van der Waals surface area contributed by atoms with E-state index in [1.165, 1.54) is 0 Å². The first kappa shape index (κ1) is 33.6. The number of aryl methyl sites for hydroxylation is 2. The molecule has 4 aromatic rings. The number of pyridine rings is 2. The molecule has 9 rings (SSSR count). The normalized spacial score (nSPS) is 17.6. The van der Waals surface area contributed by atoms with Gasteiger partial charge in [-0.2, -0.15) is 0 Å². The molecule has 5 aliphatic heterocycles. The van der Waals surface area contributed by atoms with Crippen molar-refractivity contribution >= 4 is 45.4 Å². The van der Waals surface area contributed by atoms with Crippen molar-refractivity contribution in [1.29, 1.82) is 0 Å². The zero-order chi connectivity index (χ0) is 37.6. The highest BCUT2D eigenvalue weighted by Gasteiger charge is 2.27. The molecule has 55 heavy (non-hydrogen) atoms. The number of aliphatic hydroxyl groups excluding tert-OH is 1. The Morgan fingerprint density at radius 3 is 1.60 bits per heavy atom.